The van der Waals surface area contributed by atoms with Gasteiger partial charge in [0.25, 0.3) is 0 Å². The van der Waals surface area contributed by atoms with Crippen LogP contribution in [0.15, 0.2) is 24.3 Å². The van der Waals surface area contributed by atoms with Crippen LogP contribution in [0.1, 0.15) is 35.9 Å². The maximum Gasteiger partial charge on any atom is 0.313 e. The lowest BCUT2D eigenvalue weighted by Crippen LogP contribution is -2.16. The van der Waals surface area contributed by atoms with E-state index < -0.39 is 5.97 Å². The molecule has 4 heteroatoms. The third kappa shape index (κ3) is 2.22. The topological polar surface area (TPSA) is 69.4 Å². The first kappa shape index (κ1) is 11.8. The van der Waals surface area contributed by atoms with Crippen molar-refractivity contribution in [1.82, 2.24) is 0 Å². The number of hydrogen-bond acceptors (Lipinski definition) is 4. The Morgan fingerprint density at radius 1 is 1.35 bits per heavy atom. The van der Waals surface area contributed by atoms with Crippen LogP contribution in [0.2, 0.25) is 0 Å². The van der Waals surface area contributed by atoms with Crippen molar-refractivity contribution >= 4 is 11.8 Å². The summed E-state index contributed by atoms with van der Waals surface area (Å²) >= 11 is 0. The van der Waals surface area contributed by atoms with Gasteiger partial charge in [-0.15, -0.1) is 0 Å². The van der Waals surface area contributed by atoms with Gasteiger partial charge in [-0.05, 0) is 17.5 Å². The molecule has 0 bridgehead atoms. The molecule has 90 valence electrons. The van der Waals surface area contributed by atoms with Gasteiger partial charge in [0, 0.05) is 12.0 Å². The fourth-order valence-electron chi connectivity index (χ4n) is 2.32. The van der Waals surface area contributed by atoms with E-state index in [1.165, 1.54) is 7.11 Å². The van der Waals surface area contributed by atoms with E-state index >= 15 is 0 Å². The third-order valence-electron chi connectivity index (χ3n) is 3.20. The van der Waals surface area contributed by atoms with Crippen LogP contribution < -0.4 is 5.73 Å². The molecule has 0 amide bonds. The zero-order valence-corrected chi connectivity index (χ0v) is 9.68. The van der Waals surface area contributed by atoms with E-state index in [0.29, 0.717) is 6.42 Å². The molecule has 1 aromatic carbocycles. The van der Waals surface area contributed by atoms with E-state index in [0.717, 1.165) is 11.1 Å². The number of Topliss-reactive ketones (excluding diaryl/α,β-unsaturated/α-hetero) is 1. The molecule has 1 aromatic rings. The van der Waals surface area contributed by atoms with Gasteiger partial charge in [0.2, 0.25) is 0 Å². The molecule has 0 spiro atoms. The van der Waals surface area contributed by atoms with Crippen LogP contribution in [-0.4, -0.2) is 18.9 Å². The number of carbonyl (C=O) groups excluding carboxylic acids is 2. The molecule has 0 saturated heterocycles. The summed E-state index contributed by atoms with van der Waals surface area (Å²) in [6.07, 6.45) is 0.400. The molecule has 1 aliphatic carbocycles. The Morgan fingerprint density at radius 3 is 2.65 bits per heavy atom. The monoisotopic (exact) mass is 233 g/mol. The molecule has 0 radical (unpaired) electrons. The fraction of sp³-hybridized carbons (Fsp3) is 0.385. The van der Waals surface area contributed by atoms with Crippen LogP contribution in [0.4, 0.5) is 0 Å². The number of ether oxygens (including phenoxy) is 1. The predicted octanol–water partition coefficient (Wildman–Crippen LogP) is 1.31. The SMILES string of the molecule is COC(=O)CC(=O)C1CC(N)c2ccccc21. The summed E-state index contributed by atoms with van der Waals surface area (Å²) in [6, 6.07) is 7.52. The third-order valence-corrected chi connectivity index (χ3v) is 3.20. The van der Waals surface area contributed by atoms with Gasteiger partial charge in [-0.1, -0.05) is 24.3 Å². The van der Waals surface area contributed by atoms with E-state index in [1.54, 1.807) is 0 Å². The molecule has 0 aromatic heterocycles. The van der Waals surface area contributed by atoms with Gasteiger partial charge >= 0.3 is 5.97 Å². The van der Waals surface area contributed by atoms with E-state index in [-0.39, 0.29) is 24.2 Å². The summed E-state index contributed by atoms with van der Waals surface area (Å²) in [4.78, 5) is 23.1. The van der Waals surface area contributed by atoms with Gasteiger partial charge in [0.1, 0.15) is 6.42 Å². The Bertz CT molecular complexity index is 456. The van der Waals surface area contributed by atoms with Gasteiger partial charge in [-0.25, -0.2) is 0 Å². The van der Waals surface area contributed by atoms with Gasteiger partial charge < -0.3 is 10.5 Å². The molecular formula is C13H15NO3. The van der Waals surface area contributed by atoms with Crippen molar-refractivity contribution in [3.63, 3.8) is 0 Å². The lowest BCUT2D eigenvalue weighted by atomic mass is 9.95. The van der Waals surface area contributed by atoms with Crippen LogP contribution in [0.25, 0.3) is 0 Å². The first-order valence-electron chi connectivity index (χ1n) is 5.57. The number of carbonyl (C=O) groups is 2. The summed E-state index contributed by atoms with van der Waals surface area (Å²) in [7, 11) is 1.28. The standard InChI is InChI=1S/C13H15NO3/c1-17-13(16)7-12(15)10-6-11(14)9-5-3-2-4-8(9)10/h2-5,10-11H,6-7,14H2,1H3. The normalized spacial score (nSPS) is 22.0. The maximum absolute atomic E-state index is 12.0. The lowest BCUT2D eigenvalue weighted by molar-refractivity contribution is -0.143. The number of rotatable bonds is 3. The molecule has 2 rings (SSSR count). The molecule has 1 aliphatic rings. The number of esters is 1. The number of benzene rings is 1. The Labute approximate surface area is 99.8 Å². The predicted molar refractivity (Wildman–Crippen MR) is 62.4 cm³/mol. The second kappa shape index (κ2) is 4.67. The molecule has 17 heavy (non-hydrogen) atoms. The minimum atomic E-state index is -0.493. The highest BCUT2D eigenvalue weighted by Gasteiger charge is 2.33. The molecule has 0 saturated carbocycles. The number of methoxy groups -OCH3 is 1. The van der Waals surface area contributed by atoms with Crippen LogP contribution in [-0.2, 0) is 14.3 Å². The molecule has 2 N–H and O–H groups in total. The quantitative estimate of drug-likeness (QED) is 0.631. The van der Waals surface area contributed by atoms with E-state index in [9.17, 15) is 9.59 Å². The second-order valence-corrected chi connectivity index (χ2v) is 4.24. The molecule has 4 nitrogen and oxygen atoms in total. The summed E-state index contributed by atoms with van der Waals surface area (Å²) in [5.41, 5.74) is 7.93. The van der Waals surface area contributed by atoms with Crippen LogP contribution >= 0.6 is 0 Å². The zero-order valence-electron chi connectivity index (χ0n) is 9.68. The highest BCUT2D eigenvalue weighted by molar-refractivity contribution is 5.99. The summed E-state index contributed by atoms with van der Waals surface area (Å²) in [5, 5.41) is 0. The fourth-order valence-corrected chi connectivity index (χ4v) is 2.32. The molecule has 0 heterocycles. The minimum Gasteiger partial charge on any atom is -0.469 e. The van der Waals surface area contributed by atoms with Crippen molar-refractivity contribution < 1.29 is 14.3 Å². The van der Waals surface area contributed by atoms with Crippen molar-refractivity contribution in [1.29, 1.82) is 0 Å². The highest BCUT2D eigenvalue weighted by atomic mass is 16.5. The van der Waals surface area contributed by atoms with Crippen LogP contribution in [0.5, 0.6) is 0 Å². The van der Waals surface area contributed by atoms with Gasteiger partial charge in [0.15, 0.2) is 5.78 Å². The van der Waals surface area contributed by atoms with E-state index in [2.05, 4.69) is 4.74 Å². The second-order valence-electron chi connectivity index (χ2n) is 4.24. The Kier molecular flexibility index (Phi) is 3.24. The largest absolute Gasteiger partial charge is 0.469 e. The Morgan fingerprint density at radius 2 is 2.00 bits per heavy atom. The molecule has 0 aliphatic heterocycles. The van der Waals surface area contributed by atoms with Crippen molar-refractivity contribution in [2.75, 3.05) is 7.11 Å². The number of ketones is 1. The van der Waals surface area contributed by atoms with E-state index in [1.807, 2.05) is 24.3 Å². The molecule has 2 atom stereocenters. The average molecular weight is 233 g/mol. The number of nitrogens with two attached hydrogens (primary N) is 1. The van der Waals surface area contributed by atoms with Gasteiger partial charge in [-0.2, -0.15) is 0 Å². The zero-order chi connectivity index (χ0) is 12.4. The first-order valence-corrected chi connectivity index (χ1v) is 5.57. The lowest BCUT2D eigenvalue weighted by Gasteiger charge is -2.09. The maximum atomic E-state index is 12.0. The first-order chi connectivity index (χ1) is 8.13. The van der Waals surface area contributed by atoms with E-state index in [4.69, 9.17) is 5.73 Å². The number of fused-ring (bicyclic) bond motifs is 1. The number of hydrogen-bond donors (Lipinski definition) is 1. The smallest absolute Gasteiger partial charge is 0.313 e. The Balaban J connectivity index is 2.20. The average Bonchev–Trinajstić information content (AvgIpc) is 2.67. The molecule has 0 fully saturated rings. The van der Waals surface area contributed by atoms with Crippen molar-refractivity contribution in [3.05, 3.63) is 35.4 Å². The van der Waals surface area contributed by atoms with Crippen LogP contribution in [0.3, 0.4) is 0 Å². The summed E-state index contributed by atoms with van der Waals surface area (Å²) in [5.74, 6) is -0.870. The van der Waals surface area contributed by atoms with Crippen molar-refractivity contribution in [2.45, 2.75) is 24.8 Å². The molecular weight excluding hydrogens is 218 g/mol. The molecule has 2 unspecified atom stereocenters. The van der Waals surface area contributed by atoms with Crippen LogP contribution in [0, 0.1) is 0 Å². The van der Waals surface area contributed by atoms with Crippen molar-refractivity contribution in [3.8, 4) is 0 Å². The summed E-state index contributed by atoms with van der Waals surface area (Å²) in [6.45, 7) is 0. The van der Waals surface area contributed by atoms with Gasteiger partial charge in [-0.3, -0.25) is 9.59 Å². The summed E-state index contributed by atoms with van der Waals surface area (Å²) < 4.78 is 4.50. The van der Waals surface area contributed by atoms with Gasteiger partial charge in [0.05, 0.1) is 7.11 Å². The van der Waals surface area contributed by atoms with Crippen molar-refractivity contribution in [2.24, 2.45) is 5.73 Å². The Hall–Kier alpha value is -1.68. The minimum absolute atomic E-state index is 0.113. The highest BCUT2D eigenvalue weighted by Crippen LogP contribution is 2.39.